The molecule has 3 aromatic rings. The summed E-state index contributed by atoms with van der Waals surface area (Å²) in [5.74, 6) is 0. The van der Waals surface area contributed by atoms with Crippen LogP contribution in [0.3, 0.4) is 0 Å². The van der Waals surface area contributed by atoms with Gasteiger partial charge >= 0.3 is 0 Å². The number of thioether (sulfide) groups is 1. The van der Waals surface area contributed by atoms with Crippen molar-refractivity contribution in [3.05, 3.63) is 29.6 Å². The van der Waals surface area contributed by atoms with Gasteiger partial charge in [0.05, 0.1) is 10.2 Å². The van der Waals surface area contributed by atoms with E-state index in [9.17, 15) is 0 Å². The lowest BCUT2D eigenvalue weighted by atomic mass is 10.3. The summed E-state index contributed by atoms with van der Waals surface area (Å²) in [5.41, 5.74) is 2.06. The van der Waals surface area contributed by atoms with E-state index in [4.69, 9.17) is 0 Å². The molecule has 0 aliphatic rings. The topological polar surface area (TPSA) is 25.8 Å². The van der Waals surface area contributed by atoms with Gasteiger partial charge in [0.25, 0.3) is 0 Å². The van der Waals surface area contributed by atoms with Crippen LogP contribution in [0.25, 0.3) is 20.9 Å². The predicted molar refractivity (Wildman–Crippen MR) is 81.7 cm³/mol. The average molecular weight is 292 g/mol. The van der Waals surface area contributed by atoms with Crippen molar-refractivity contribution in [2.45, 2.75) is 23.4 Å². The Bertz CT molecular complexity index is 636. The Morgan fingerprint density at radius 3 is 2.78 bits per heavy atom. The fraction of sp³-hybridized carbons (Fsp3) is 0.231. The Hall–Kier alpha value is -0.910. The monoisotopic (exact) mass is 292 g/mol. The van der Waals surface area contributed by atoms with E-state index in [1.807, 2.05) is 18.2 Å². The zero-order chi connectivity index (χ0) is 12.5. The fourth-order valence-corrected chi connectivity index (χ4v) is 4.62. The molecule has 18 heavy (non-hydrogen) atoms. The van der Waals surface area contributed by atoms with E-state index in [1.54, 1.807) is 34.4 Å². The number of nitrogens with zero attached hydrogens (tertiary/aromatic N) is 2. The first-order chi connectivity index (χ1) is 8.72. The van der Waals surface area contributed by atoms with Gasteiger partial charge in [-0.05, 0) is 12.1 Å². The molecule has 1 aromatic carbocycles. The van der Waals surface area contributed by atoms with Crippen molar-refractivity contribution in [2.75, 3.05) is 0 Å². The number of aromatic nitrogens is 2. The van der Waals surface area contributed by atoms with Crippen molar-refractivity contribution in [1.29, 1.82) is 0 Å². The molecule has 2 aromatic heterocycles. The zero-order valence-corrected chi connectivity index (χ0v) is 12.5. The Morgan fingerprint density at radius 1 is 1.17 bits per heavy atom. The highest BCUT2D eigenvalue weighted by Gasteiger charge is 2.10. The van der Waals surface area contributed by atoms with Crippen LogP contribution >= 0.6 is 34.4 Å². The highest BCUT2D eigenvalue weighted by Crippen LogP contribution is 2.34. The first-order valence-corrected chi connectivity index (χ1v) is 8.28. The maximum atomic E-state index is 4.65. The number of hydrogen-bond donors (Lipinski definition) is 0. The highest BCUT2D eigenvalue weighted by atomic mass is 32.2. The van der Waals surface area contributed by atoms with Crippen LogP contribution in [-0.2, 0) is 0 Å². The SMILES string of the molecule is CC(C)Sc1nc(-c2nc3ccccc3s2)cs1. The second-order valence-corrected chi connectivity index (χ2v) is 7.86. The Morgan fingerprint density at radius 2 is 2.00 bits per heavy atom. The first-order valence-electron chi connectivity index (χ1n) is 5.70. The summed E-state index contributed by atoms with van der Waals surface area (Å²) >= 11 is 5.21. The van der Waals surface area contributed by atoms with Gasteiger partial charge in [-0.15, -0.1) is 22.7 Å². The number of thiazole rings is 2. The zero-order valence-electron chi connectivity index (χ0n) is 10.1. The van der Waals surface area contributed by atoms with Crippen LogP contribution in [0, 0.1) is 0 Å². The number of fused-ring (bicyclic) bond motifs is 1. The molecule has 0 radical (unpaired) electrons. The largest absolute Gasteiger partial charge is 0.234 e. The number of rotatable bonds is 3. The van der Waals surface area contributed by atoms with Crippen LogP contribution in [0.5, 0.6) is 0 Å². The molecule has 0 N–H and O–H groups in total. The van der Waals surface area contributed by atoms with E-state index < -0.39 is 0 Å². The lowest BCUT2D eigenvalue weighted by Crippen LogP contribution is -1.84. The van der Waals surface area contributed by atoms with Gasteiger partial charge in [-0.2, -0.15) is 0 Å². The molecular formula is C13H12N2S3. The molecule has 0 saturated carbocycles. The molecule has 0 amide bonds. The highest BCUT2D eigenvalue weighted by molar-refractivity contribution is 8.01. The van der Waals surface area contributed by atoms with E-state index in [1.165, 1.54) is 4.70 Å². The summed E-state index contributed by atoms with van der Waals surface area (Å²) in [4.78, 5) is 9.27. The number of benzene rings is 1. The maximum absolute atomic E-state index is 4.65. The Kier molecular flexibility index (Phi) is 3.37. The van der Waals surface area contributed by atoms with Gasteiger partial charge in [0.2, 0.25) is 0 Å². The van der Waals surface area contributed by atoms with Crippen LogP contribution in [-0.4, -0.2) is 15.2 Å². The van der Waals surface area contributed by atoms with E-state index in [0.29, 0.717) is 5.25 Å². The standard InChI is InChI=1S/C13H12N2S3/c1-8(2)17-13-15-10(7-16-13)12-14-9-5-3-4-6-11(9)18-12/h3-8H,1-2H3. The fourth-order valence-electron chi connectivity index (χ4n) is 1.59. The van der Waals surface area contributed by atoms with Crippen molar-refractivity contribution in [2.24, 2.45) is 0 Å². The lowest BCUT2D eigenvalue weighted by molar-refractivity contribution is 1.10. The first kappa shape index (κ1) is 12.1. The number of hydrogen-bond acceptors (Lipinski definition) is 5. The maximum Gasteiger partial charge on any atom is 0.150 e. The van der Waals surface area contributed by atoms with Crippen molar-refractivity contribution in [3.8, 4) is 10.7 Å². The van der Waals surface area contributed by atoms with E-state index in [0.717, 1.165) is 20.6 Å². The molecule has 0 aliphatic heterocycles. The minimum atomic E-state index is 0.569. The molecule has 0 bridgehead atoms. The van der Waals surface area contributed by atoms with E-state index >= 15 is 0 Å². The van der Waals surface area contributed by atoms with Crippen LogP contribution < -0.4 is 0 Å². The number of para-hydroxylation sites is 1. The molecule has 92 valence electrons. The molecule has 5 heteroatoms. The smallest absolute Gasteiger partial charge is 0.150 e. The van der Waals surface area contributed by atoms with E-state index in [2.05, 4.69) is 35.3 Å². The quantitative estimate of drug-likeness (QED) is 0.641. The third-order valence-corrected chi connectivity index (χ3v) is 5.37. The van der Waals surface area contributed by atoms with Crippen LogP contribution in [0.2, 0.25) is 0 Å². The molecule has 0 aliphatic carbocycles. The second-order valence-electron chi connectivity index (χ2n) is 4.15. The molecule has 0 fully saturated rings. The summed E-state index contributed by atoms with van der Waals surface area (Å²) in [6.07, 6.45) is 0. The lowest BCUT2D eigenvalue weighted by Gasteiger charge is -1.97. The van der Waals surface area contributed by atoms with Crippen molar-refractivity contribution in [3.63, 3.8) is 0 Å². The van der Waals surface area contributed by atoms with Crippen molar-refractivity contribution in [1.82, 2.24) is 9.97 Å². The molecule has 2 nitrogen and oxygen atoms in total. The normalized spacial score (nSPS) is 11.5. The molecule has 0 saturated heterocycles. The third kappa shape index (κ3) is 2.43. The summed E-state index contributed by atoms with van der Waals surface area (Å²) in [7, 11) is 0. The van der Waals surface area contributed by atoms with Crippen LogP contribution in [0.4, 0.5) is 0 Å². The van der Waals surface area contributed by atoms with Gasteiger partial charge in [0.1, 0.15) is 10.7 Å². The van der Waals surface area contributed by atoms with Gasteiger partial charge in [-0.25, -0.2) is 9.97 Å². The third-order valence-electron chi connectivity index (χ3n) is 2.33. The molecule has 0 spiro atoms. The van der Waals surface area contributed by atoms with Gasteiger partial charge in [0, 0.05) is 10.6 Å². The molecular weight excluding hydrogens is 280 g/mol. The molecule has 2 heterocycles. The minimum Gasteiger partial charge on any atom is -0.234 e. The summed E-state index contributed by atoms with van der Waals surface area (Å²) in [5, 5.41) is 3.69. The predicted octanol–water partition coefficient (Wildman–Crippen LogP) is 4.92. The van der Waals surface area contributed by atoms with Crippen molar-refractivity contribution < 1.29 is 0 Å². The summed E-state index contributed by atoms with van der Waals surface area (Å²) in [6, 6.07) is 8.22. The molecule has 3 rings (SSSR count). The molecule has 0 atom stereocenters. The van der Waals surface area contributed by atoms with Gasteiger partial charge in [-0.1, -0.05) is 37.7 Å². The average Bonchev–Trinajstić information content (AvgIpc) is 2.93. The molecule has 0 unspecified atom stereocenters. The summed E-state index contributed by atoms with van der Waals surface area (Å²) in [6.45, 7) is 4.37. The van der Waals surface area contributed by atoms with Gasteiger partial charge in [-0.3, -0.25) is 0 Å². The Labute approximate surface area is 118 Å². The van der Waals surface area contributed by atoms with Crippen LogP contribution in [0.1, 0.15) is 13.8 Å². The van der Waals surface area contributed by atoms with Gasteiger partial charge < -0.3 is 0 Å². The Balaban J connectivity index is 1.96. The van der Waals surface area contributed by atoms with Gasteiger partial charge in [0.15, 0.2) is 4.34 Å². The second kappa shape index (κ2) is 4.99. The van der Waals surface area contributed by atoms with Crippen molar-refractivity contribution >= 4 is 44.7 Å². The summed E-state index contributed by atoms with van der Waals surface area (Å²) < 4.78 is 2.35. The van der Waals surface area contributed by atoms with Crippen LogP contribution in [0.15, 0.2) is 34.0 Å². The van der Waals surface area contributed by atoms with E-state index in [-0.39, 0.29) is 0 Å². The minimum absolute atomic E-state index is 0.569.